The maximum Gasteiger partial charge on any atom is 0.220 e. The van der Waals surface area contributed by atoms with Gasteiger partial charge in [0.05, 0.1) is 18.8 Å². The van der Waals surface area contributed by atoms with Crippen molar-refractivity contribution in [2.45, 2.75) is 122 Å². The molecule has 30 heavy (non-hydrogen) atoms. The molecule has 0 radical (unpaired) electrons. The molecule has 0 aromatic carbocycles. The Kier molecular flexibility index (Phi) is 20.3. The SMILES string of the molecule is CCCCCC=CC=CCCCCCCC(O)C(O)C(CO)NC(=O)CCCCC. The molecule has 0 heterocycles. The Hall–Kier alpha value is -1.17. The normalized spacial score (nSPS) is 15.0. The van der Waals surface area contributed by atoms with Gasteiger partial charge in [-0.15, -0.1) is 0 Å². The Labute approximate surface area is 184 Å². The summed E-state index contributed by atoms with van der Waals surface area (Å²) in [5.74, 6) is -0.183. The van der Waals surface area contributed by atoms with E-state index < -0.39 is 18.2 Å². The lowest BCUT2D eigenvalue weighted by molar-refractivity contribution is -0.124. The zero-order valence-corrected chi connectivity index (χ0v) is 19.4. The Bertz CT molecular complexity index is 450. The fraction of sp³-hybridized carbons (Fsp3) is 0.800. The number of amides is 1. The summed E-state index contributed by atoms with van der Waals surface area (Å²) in [6.07, 6.45) is 20.3. The van der Waals surface area contributed by atoms with Gasteiger partial charge in [0.15, 0.2) is 0 Å². The van der Waals surface area contributed by atoms with E-state index in [1.165, 1.54) is 19.3 Å². The second-order valence-electron chi connectivity index (χ2n) is 8.22. The molecule has 3 unspecified atom stereocenters. The van der Waals surface area contributed by atoms with E-state index in [1.807, 2.05) is 0 Å². The molecule has 5 heteroatoms. The first kappa shape index (κ1) is 28.8. The van der Waals surface area contributed by atoms with Gasteiger partial charge in [0, 0.05) is 6.42 Å². The summed E-state index contributed by atoms with van der Waals surface area (Å²) in [7, 11) is 0. The average molecular weight is 426 g/mol. The number of unbranched alkanes of at least 4 members (excludes halogenated alkanes) is 9. The largest absolute Gasteiger partial charge is 0.394 e. The Morgan fingerprint density at radius 3 is 2.00 bits per heavy atom. The number of carbonyl (C=O) groups is 1. The Morgan fingerprint density at radius 2 is 1.40 bits per heavy atom. The second-order valence-corrected chi connectivity index (χ2v) is 8.22. The van der Waals surface area contributed by atoms with Crippen LogP contribution in [0.25, 0.3) is 0 Å². The van der Waals surface area contributed by atoms with Crippen LogP contribution < -0.4 is 5.32 Å². The maximum atomic E-state index is 11.9. The predicted octanol–water partition coefficient (Wildman–Crippen LogP) is 4.80. The van der Waals surface area contributed by atoms with Crippen LogP contribution in [0.5, 0.6) is 0 Å². The Morgan fingerprint density at radius 1 is 0.833 bits per heavy atom. The minimum Gasteiger partial charge on any atom is -0.394 e. The molecule has 0 rings (SSSR count). The van der Waals surface area contributed by atoms with Crippen LogP contribution in [0.3, 0.4) is 0 Å². The van der Waals surface area contributed by atoms with Gasteiger partial charge in [0.2, 0.25) is 5.91 Å². The van der Waals surface area contributed by atoms with E-state index in [2.05, 4.69) is 43.5 Å². The molecule has 1 amide bonds. The lowest BCUT2D eigenvalue weighted by Gasteiger charge is -2.26. The van der Waals surface area contributed by atoms with Gasteiger partial charge in [-0.3, -0.25) is 4.79 Å². The first-order valence-electron chi connectivity index (χ1n) is 12.1. The van der Waals surface area contributed by atoms with Crippen LogP contribution in [-0.4, -0.2) is 46.1 Å². The molecule has 0 aliphatic carbocycles. The first-order valence-corrected chi connectivity index (χ1v) is 12.1. The van der Waals surface area contributed by atoms with Crippen molar-refractivity contribution in [3.8, 4) is 0 Å². The van der Waals surface area contributed by atoms with Crippen molar-refractivity contribution in [2.24, 2.45) is 0 Å². The summed E-state index contributed by atoms with van der Waals surface area (Å²) in [5, 5.41) is 32.5. The fourth-order valence-corrected chi connectivity index (χ4v) is 3.32. The topological polar surface area (TPSA) is 89.8 Å². The van der Waals surface area contributed by atoms with Gasteiger partial charge in [0.1, 0.15) is 6.10 Å². The highest BCUT2D eigenvalue weighted by molar-refractivity contribution is 5.76. The third-order valence-corrected chi connectivity index (χ3v) is 5.34. The first-order chi connectivity index (χ1) is 14.6. The lowest BCUT2D eigenvalue weighted by atomic mass is 9.99. The quantitative estimate of drug-likeness (QED) is 0.167. The van der Waals surface area contributed by atoms with E-state index in [4.69, 9.17) is 0 Å². The van der Waals surface area contributed by atoms with Crippen LogP contribution in [0, 0.1) is 0 Å². The fourth-order valence-electron chi connectivity index (χ4n) is 3.32. The third kappa shape index (κ3) is 16.6. The summed E-state index contributed by atoms with van der Waals surface area (Å²) >= 11 is 0. The van der Waals surface area contributed by atoms with Crippen molar-refractivity contribution in [2.75, 3.05) is 6.61 Å². The van der Waals surface area contributed by atoms with E-state index in [1.54, 1.807) is 0 Å². The standard InChI is InChI=1S/C25H47NO4/c1-3-5-7-8-9-10-11-12-13-14-15-16-18-19-23(28)25(30)22(21-27)26-24(29)20-17-6-4-2/h9-12,22-23,25,27-28,30H,3-8,13-21H2,1-2H3,(H,26,29). The number of rotatable bonds is 20. The molecule has 3 atom stereocenters. The van der Waals surface area contributed by atoms with Crippen molar-refractivity contribution in [1.29, 1.82) is 0 Å². The molecular weight excluding hydrogens is 378 g/mol. The van der Waals surface area contributed by atoms with Crippen molar-refractivity contribution in [3.05, 3.63) is 24.3 Å². The lowest BCUT2D eigenvalue weighted by Crippen LogP contribution is -2.50. The zero-order chi connectivity index (χ0) is 22.5. The molecule has 0 aliphatic rings. The van der Waals surface area contributed by atoms with E-state index in [-0.39, 0.29) is 12.5 Å². The number of aliphatic hydroxyl groups excluding tert-OH is 3. The molecule has 0 saturated carbocycles. The second kappa shape index (κ2) is 21.1. The van der Waals surface area contributed by atoms with E-state index in [0.717, 1.165) is 57.8 Å². The van der Waals surface area contributed by atoms with Gasteiger partial charge in [-0.25, -0.2) is 0 Å². The van der Waals surface area contributed by atoms with Gasteiger partial charge in [0.25, 0.3) is 0 Å². The summed E-state index contributed by atoms with van der Waals surface area (Å²) in [4.78, 5) is 11.9. The van der Waals surface area contributed by atoms with Crippen LogP contribution >= 0.6 is 0 Å². The van der Waals surface area contributed by atoms with Crippen LogP contribution in [0.4, 0.5) is 0 Å². The number of hydrogen-bond donors (Lipinski definition) is 4. The molecule has 176 valence electrons. The monoisotopic (exact) mass is 425 g/mol. The molecular formula is C25H47NO4. The molecule has 0 aliphatic heterocycles. The van der Waals surface area contributed by atoms with Crippen LogP contribution in [0.15, 0.2) is 24.3 Å². The van der Waals surface area contributed by atoms with Gasteiger partial charge < -0.3 is 20.6 Å². The molecule has 0 bridgehead atoms. The predicted molar refractivity (Wildman–Crippen MR) is 125 cm³/mol. The van der Waals surface area contributed by atoms with E-state index in [0.29, 0.717) is 12.8 Å². The molecule has 4 N–H and O–H groups in total. The molecule has 0 spiro atoms. The van der Waals surface area contributed by atoms with Gasteiger partial charge in [-0.05, 0) is 38.5 Å². The van der Waals surface area contributed by atoms with Crippen molar-refractivity contribution in [1.82, 2.24) is 5.32 Å². The summed E-state index contributed by atoms with van der Waals surface area (Å²) < 4.78 is 0. The van der Waals surface area contributed by atoms with Crippen molar-refractivity contribution in [3.63, 3.8) is 0 Å². The van der Waals surface area contributed by atoms with Gasteiger partial charge in [-0.1, -0.05) is 83.1 Å². The van der Waals surface area contributed by atoms with Crippen LogP contribution in [0.2, 0.25) is 0 Å². The minimum atomic E-state index is -1.14. The highest BCUT2D eigenvalue weighted by Crippen LogP contribution is 2.12. The number of nitrogens with one attached hydrogen (secondary N) is 1. The van der Waals surface area contributed by atoms with Crippen molar-refractivity contribution < 1.29 is 20.1 Å². The number of allylic oxidation sites excluding steroid dienone is 4. The zero-order valence-electron chi connectivity index (χ0n) is 19.4. The van der Waals surface area contributed by atoms with Gasteiger partial charge >= 0.3 is 0 Å². The van der Waals surface area contributed by atoms with Crippen molar-refractivity contribution >= 4 is 5.91 Å². The number of aliphatic hydroxyl groups is 3. The summed E-state index contributed by atoms with van der Waals surface area (Å²) in [6, 6.07) is -0.811. The third-order valence-electron chi connectivity index (χ3n) is 5.34. The molecule has 0 saturated heterocycles. The average Bonchev–Trinajstić information content (AvgIpc) is 2.74. The number of hydrogen-bond acceptors (Lipinski definition) is 4. The summed E-state index contributed by atoms with van der Waals surface area (Å²) in [6.45, 7) is 3.91. The highest BCUT2D eigenvalue weighted by Gasteiger charge is 2.26. The minimum absolute atomic E-state index is 0.183. The van der Waals surface area contributed by atoms with Crippen LogP contribution in [-0.2, 0) is 4.79 Å². The molecule has 0 fully saturated rings. The van der Waals surface area contributed by atoms with E-state index >= 15 is 0 Å². The van der Waals surface area contributed by atoms with Crippen LogP contribution in [0.1, 0.15) is 104 Å². The smallest absolute Gasteiger partial charge is 0.220 e. The molecule has 0 aromatic rings. The Balaban J connectivity index is 3.84. The summed E-state index contributed by atoms with van der Waals surface area (Å²) in [5.41, 5.74) is 0. The maximum absolute atomic E-state index is 11.9. The van der Waals surface area contributed by atoms with Gasteiger partial charge in [-0.2, -0.15) is 0 Å². The molecule has 5 nitrogen and oxygen atoms in total. The number of carbonyl (C=O) groups excluding carboxylic acids is 1. The van der Waals surface area contributed by atoms with E-state index in [9.17, 15) is 20.1 Å². The highest BCUT2D eigenvalue weighted by atomic mass is 16.3. The molecule has 0 aromatic heterocycles.